The van der Waals surface area contributed by atoms with Crippen LogP contribution < -0.4 is 15.9 Å². The maximum Gasteiger partial charge on any atom is 2.00 e. The summed E-state index contributed by atoms with van der Waals surface area (Å²) in [7, 11) is -2.20. The van der Waals surface area contributed by atoms with Gasteiger partial charge in [0.15, 0.2) is 0 Å². The van der Waals surface area contributed by atoms with Crippen molar-refractivity contribution in [1.29, 1.82) is 0 Å². The minimum Gasteiger partial charge on any atom is -0.0620 e. The van der Waals surface area contributed by atoms with Crippen molar-refractivity contribution in [2.45, 2.75) is 0 Å². The van der Waals surface area contributed by atoms with E-state index in [-0.39, 0.29) is 21.1 Å². The summed E-state index contributed by atoms with van der Waals surface area (Å²) < 4.78 is 11.2. The van der Waals surface area contributed by atoms with E-state index < -0.39 is 15.8 Å². The Bertz CT molecular complexity index is 883. The Morgan fingerprint density at radius 3 is 0.943 bits per heavy atom. The van der Waals surface area contributed by atoms with Crippen molar-refractivity contribution < 1.29 is 21.1 Å². The zero-order valence-electron chi connectivity index (χ0n) is 20.4. The van der Waals surface area contributed by atoms with Gasteiger partial charge >= 0.3 is 100.0 Å². The molecule has 188 valence electrons. The standard InChI is InChI=1S/C18H15P.C8H17N4P.CH4S.Pt/c1-4-10-16(11-5-1)19(17-12-6-2-7-13-17)18-14-8-3-9-15-18;1-2-10-5-6-12-8-7-11-4-3-9(1)13(10,11)12;1-2;/h1-15H;13H,1-8H2;2H,1H3;/q;;;+2/p+2. The third-order valence-electron chi connectivity index (χ3n) is 7.44. The topological polar surface area (TPSA) is 13.0 Å². The fourth-order valence-electron chi connectivity index (χ4n) is 6.13. The fraction of sp³-hybridized carbons (Fsp3) is 0.333. The van der Waals surface area contributed by atoms with Crippen molar-refractivity contribution in [2.24, 2.45) is 0 Å². The number of hydrogen-bond acceptors (Lipinski definition) is 4. The molecule has 0 aromatic heterocycles. The Morgan fingerprint density at radius 2 is 0.714 bits per heavy atom. The van der Waals surface area contributed by atoms with E-state index in [0.717, 1.165) is 0 Å². The van der Waals surface area contributed by atoms with Gasteiger partial charge in [-0.3, -0.25) is 0 Å². The molecule has 4 nitrogen and oxygen atoms in total. The van der Waals surface area contributed by atoms with E-state index in [0.29, 0.717) is 0 Å². The Hall–Kier alpha value is -0.602. The zero-order valence-corrected chi connectivity index (χ0v) is 25.7. The van der Waals surface area contributed by atoms with E-state index in [1.54, 1.807) is 6.26 Å². The smallest absolute Gasteiger partial charge is 0.0620 e. The van der Waals surface area contributed by atoms with Crippen molar-refractivity contribution >= 4 is 44.3 Å². The molecule has 4 aliphatic rings. The van der Waals surface area contributed by atoms with E-state index in [1.165, 1.54) is 68.3 Å². The molecule has 0 amide bonds. The van der Waals surface area contributed by atoms with Crippen molar-refractivity contribution in [3.8, 4) is 0 Å². The molecule has 4 aliphatic heterocycles. The number of hydrogen-bond donors (Lipinski definition) is 0. The summed E-state index contributed by atoms with van der Waals surface area (Å²) in [6.45, 7) is 10.8. The molecule has 1 spiro atoms. The van der Waals surface area contributed by atoms with Crippen LogP contribution in [-0.4, -0.2) is 77.3 Å². The first-order valence-corrected chi connectivity index (χ1v) is 16.7. The quantitative estimate of drug-likeness (QED) is 0.307. The molecule has 0 unspecified atom stereocenters. The molecule has 8 heteroatoms. The predicted molar refractivity (Wildman–Crippen MR) is 157 cm³/mol. The van der Waals surface area contributed by atoms with E-state index >= 15 is 0 Å². The first kappa shape index (κ1) is 27.4. The van der Waals surface area contributed by atoms with Crippen molar-refractivity contribution in [2.75, 3.05) is 58.6 Å². The summed E-state index contributed by atoms with van der Waals surface area (Å²) in [5.41, 5.74) is 0. The van der Waals surface area contributed by atoms with Crippen LogP contribution in [0.5, 0.6) is 0 Å². The fourth-order valence-corrected chi connectivity index (χ4v) is 14.3. The summed E-state index contributed by atoms with van der Waals surface area (Å²) in [6.07, 6.45) is 1.81. The van der Waals surface area contributed by atoms with Crippen LogP contribution >= 0.6 is 15.8 Å². The molecule has 0 radical (unpaired) electrons. The molecule has 4 fully saturated rings. The number of rotatable bonds is 3. The Morgan fingerprint density at radius 1 is 0.486 bits per heavy atom. The van der Waals surface area contributed by atoms with Crippen LogP contribution in [0, 0.1) is 0 Å². The summed E-state index contributed by atoms with van der Waals surface area (Å²) in [5, 5.41) is 4.31. The maximum absolute atomic E-state index is 2.97. The van der Waals surface area contributed by atoms with Gasteiger partial charge in [-0.25, -0.2) is 0 Å². The minimum atomic E-state index is -1.33. The third kappa shape index (κ3) is 5.22. The number of benzene rings is 3. The molecule has 4 heterocycles. The van der Waals surface area contributed by atoms with Crippen LogP contribution in [0.15, 0.2) is 91.0 Å². The normalized spacial score (nSPS) is 21.2. The number of nitrogens with zero attached hydrogens (tertiary/aromatic N) is 4. The van der Waals surface area contributed by atoms with Crippen LogP contribution in [0.3, 0.4) is 0 Å². The van der Waals surface area contributed by atoms with Crippen molar-refractivity contribution in [1.82, 2.24) is 18.7 Å². The van der Waals surface area contributed by atoms with Crippen LogP contribution in [0.25, 0.3) is 0 Å². The maximum atomic E-state index is 2.97. The molecule has 0 N–H and O–H groups in total. The van der Waals surface area contributed by atoms with E-state index in [4.69, 9.17) is 0 Å². The first-order valence-electron chi connectivity index (χ1n) is 12.4. The molecule has 0 saturated carbocycles. The molecule has 0 bridgehead atoms. The second-order valence-electron chi connectivity index (χ2n) is 9.02. The van der Waals surface area contributed by atoms with Gasteiger partial charge in [-0.1, -0.05) is 54.6 Å². The molecular weight excluding hydrogens is 669 g/mol. The predicted octanol–water partition coefficient (Wildman–Crippen LogP) is 2.46. The second-order valence-corrected chi connectivity index (χ2v) is 15.2. The largest absolute Gasteiger partial charge is 2.00 e. The zero-order chi connectivity index (χ0) is 23.4. The molecule has 4 saturated heterocycles. The molecule has 3 aromatic rings. The average Bonchev–Trinajstić information content (AvgIpc) is 3.63. The van der Waals surface area contributed by atoms with Gasteiger partial charge in [-0.15, -0.1) is 0 Å². The van der Waals surface area contributed by atoms with E-state index in [1.807, 2.05) is 0 Å². The molecule has 0 atom stereocenters. The van der Waals surface area contributed by atoms with Gasteiger partial charge in [0, 0.05) is 0 Å². The van der Waals surface area contributed by atoms with Gasteiger partial charge in [0.25, 0.3) is 0 Å². The van der Waals surface area contributed by atoms with Crippen molar-refractivity contribution in [3.63, 3.8) is 0 Å². The second kappa shape index (κ2) is 12.8. The van der Waals surface area contributed by atoms with E-state index in [9.17, 15) is 0 Å². The summed E-state index contributed by atoms with van der Waals surface area (Å²) in [6, 6.07) is 32.5. The van der Waals surface area contributed by atoms with Gasteiger partial charge < -0.3 is 0 Å². The van der Waals surface area contributed by atoms with Gasteiger partial charge in [-0.2, -0.15) is 0 Å². The van der Waals surface area contributed by atoms with Gasteiger partial charge in [0.05, 0.1) is 14.2 Å². The van der Waals surface area contributed by atoms with Crippen LogP contribution in [0.2, 0.25) is 0 Å². The molecule has 7 rings (SSSR count). The van der Waals surface area contributed by atoms with Crippen molar-refractivity contribution in [3.05, 3.63) is 91.0 Å². The van der Waals surface area contributed by atoms with Crippen LogP contribution in [0.1, 0.15) is 0 Å². The van der Waals surface area contributed by atoms with Crippen LogP contribution in [-0.2, 0) is 33.7 Å². The molecular formula is C27H38N4P2PtS+4. The Balaban J connectivity index is 0.000000157. The Labute approximate surface area is 232 Å². The van der Waals surface area contributed by atoms with Gasteiger partial charge in [0.1, 0.15) is 15.9 Å². The molecule has 3 aromatic carbocycles. The van der Waals surface area contributed by atoms with Gasteiger partial charge in [0.2, 0.25) is 0 Å². The van der Waals surface area contributed by atoms with E-state index in [2.05, 4.69) is 122 Å². The summed E-state index contributed by atoms with van der Waals surface area (Å²) >= 11 is 2.97. The minimum absolute atomic E-state index is 0. The Kier molecular flexibility index (Phi) is 10.0. The summed E-state index contributed by atoms with van der Waals surface area (Å²) in [4.78, 5) is 0. The average molecular weight is 708 g/mol. The third-order valence-corrected chi connectivity index (χ3v) is 15.4. The molecule has 0 aliphatic carbocycles. The SMILES string of the molecule is C1CN2CCN3CCN4CCN1[PH]243.C[SH2+].[Pt+2].c1ccc([PH+](c2ccccc2)c2ccccc2)cc1. The first-order chi connectivity index (χ1) is 16.9. The monoisotopic (exact) mass is 707 g/mol. The molecule has 35 heavy (non-hydrogen) atoms. The van der Waals surface area contributed by atoms with Crippen LogP contribution in [0.4, 0.5) is 0 Å². The van der Waals surface area contributed by atoms with Gasteiger partial charge in [-0.05, 0) is 49.0 Å². The summed E-state index contributed by atoms with van der Waals surface area (Å²) in [5.74, 6) is 0.